The van der Waals surface area contributed by atoms with E-state index in [1.807, 2.05) is 38.1 Å². The Kier molecular flexibility index (Phi) is 5.97. The van der Waals surface area contributed by atoms with Gasteiger partial charge in [-0.1, -0.05) is 18.2 Å². The molecule has 148 valence electrons. The number of amides is 2. The Morgan fingerprint density at radius 1 is 0.966 bits per heavy atom. The SMILES string of the molecule is CCN(C(=O)c1cccc(C(=O)Nc2ccc(F)c(F)c2)n1)c1cccc(C)c1. The smallest absolute Gasteiger partial charge is 0.276 e. The van der Waals surface area contributed by atoms with Crippen molar-refractivity contribution in [2.75, 3.05) is 16.8 Å². The molecule has 1 aromatic heterocycles. The summed E-state index contributed by atoms with van der Waals surface area (Å²) in [4.78, 5) is 31.1. The van der Waals surface area contributed by atoms with Crippen molar-refractivity contribution in [2.45, 2.75) is 13.8 Å². The van der Waals surface area contributed by atoms with Crippen LogP contribution in [0.3, 0.4) is 0 Å². The second-order valence-electron chi connectivity index (χ2n) is 6.38. The number of hydrogen-bond acceptors (Lipinski definition) is 3. The second kappa shape index (κ2) is 8.60. The Morgan fingerprint density at radius 3 is 2.38 bits per heavy atom. The lowest BCUT2D eigenvalue weighted by Gasteiger charge is -2.21. The van der Waals surface area contributed by atoms with Gasteiger partial charge in [0, 0.05) is 24.0 Å². The van der Waals surface area contributed by atoms with E-state index in [-0.39, 0.29) is 23.0 Å². The van der Waals surface area contributed by atoms with E-state index in [1.165, 1.54) is 18.2 Å². The number of rotatable bonds is 5. The molecule has 0 aliphatic heterocycles. The summed E-state index contributed by atoms with van der Waals surface area (Å²) in [6.07, 6.45) is 0. The Morgan fingerprint density at radius 2 is 1.69 bits per heavy atom. The number of hydrogen-bond donors (Lipinski definition) is 1. The number of nitrogens with zero attached hydrogens (tertiary/aromatic N) is 2. The molecule has 0 unspecified atom stereocenters. The molecule has 0 saturated heterocycles. The first kappa shape index (κ1) is 20.1. The van der Waals surface area contributed by atoms with E-state index in [0.717, 1.165) is 23.4 Å². The number of halogens is 2. The first-order valence-corrected chi connectivity index (χ1v) is 9.01. The molecule has 0 aliphatic carbocycles. The van der Waals surface area contributed by atoms with Crippen molar-refractivity contribution in [3.8, 4) is 0 Å². The molecule has 0 aliphatic rings. The van der Waals surface area contributed by atoms with Gasteiger partial charge in [-0.25, -0.2) is 13.8 Å². The fraction of sp³-hybridized carbons (Fsp3) is 0.136. The minimum atomic E-state index is -1.07. The quantitative estimate of drug-likeness (QED) is 0.687. The third-order valence-corrected chi connectivity index (χ3v) is 4.25. The van der Waals surface area contributed by atoms with Crippen molar-refractivity contribution in [2.24, 2.45) is 0 Å². The van der Waals surface area contributed by atoms with Crippen molar-refractivity contribution >= 4 is 23.2 Å². The molecule has 0 atom stereocenters. The summed E-state index contributed by atoms with van der Waals surface area (Å²) in [5.74, 6) is -3.06. The molecule has 0 bridgehead atoms. The normalized spacial score (nSPS) is 10.5. The molecule has 2 amide bonds. The molecule has 0 saturated carbocycles. The van der Waals surface area contributed by atoms with Crippen LogP contribution in [-0.4, -0.2) is 23.3 Å². The average molecular weight is 395 g/mol. The molecule has 0 radical (unpaired) electrons. The number of aromatic nitrogens is 1. The molecule has 1 N–H and O–H groups in total. The summed E-state index contributed by atoms with van der Waals surface area (Å²) >= 11 is 0. The Labute approximate surface area is 167 Å². The van der Waals surface area contributed by atoms with Crippen LogP contribution < -0.4 is 10.2 Å². The summed E-state index contributed by atoms with van der Waals surface area (Å²) in [5, 5.41) is 2.44. The van der Waals surface area contributed by atoms with Gasteiger partial charge in [0.1, 0.15) is 11.4 Å². The van der Waals surface area contributed by atoms with Gasteiger partial charge in [0.05, 0.1) is 0 Å². The standard InChI is InChI=1S/C22H19F2N3O2/c1-3-27(16-7-4-6-14(2)12-16)22(29)20-9-5-8-19(26-20)21(28)25-15-10-11-17(23)18(24)13-15/h4-13H,3H2,1-2H3,(H,25,28). The van der Waals surface area contributed by atoms with Crippen LogP contribution in [0.4, 0.5) is 20.2 Å². The predicted molar refractivity (Wildman–Crippen MR) is 107 cm³/mol. The number of nitrogens with one attached hydrogen (secondary N) is 1. The van der Waals surface area contributed by atoms with Gasteiger partial charge >= 0.3 is 0 Å². The van der Waals surface area contributed by atoms with Gasteiger partial charge in [-0.3, -0.25) is 9.59 Å². The summed E-state index contributed by atoms with van der Waals surface area (Å²) in [7, 11) is 0. The minimum absolute atomic E-state index is 0.0131. The Bertz CT molecular complexity index is 1070. The summed E-state index contributed by atoms with van der Waals surface area (Å²) in [6.45, 7) is 4.21. The van der Waals surface area contributed by atoms with Crippen LogP contribution in [-0.2, 0) is 0 Å². The van der Waals surface area contributed by atoms with Crippen LogP contribution in [0.15, 0.2) is 60.7 Å². The van der Waals surface area contributed by atoms with Crippen molar-refractivity contribution in [1.29, 1.82) is 0 Å². The van der Waals surface area contributed by atoms with Crippen LogP contribution in [0.25, 0.3) is 0 Å². The second-order valence-corrected chi connectivity index (χ2v) is 6.38. The van der Waals surface area contributed by atoms with Gasteiger partial charge < -0.3 is 10.2 Å². The minimum Gasteiger partial charge on any atom is -0.321 e. The molecule has 0 spiro atoms. The van der Waals surface area contributed by atoms with E-state index in [9.17, 15) is 18.4 Å². The lowest BCUT2D eigenvalue weighted by atomic mass is 10.2. The van der Waals surface area contributed by atoms with Crippen LogP contribution in [0.1, 0.15) is 33.5 Å². The maximum atomic E-state index is 13.3. The summed E-state index contributed by atoms with van der Waals surface area (Å²) < 4.78 is 26.4. The molecule has 3 rings (SSSR count). The zero-order valence-electron chi connectivity index (χ0n) is 15.9. The average Bonchev–Trinajstić information content (AvgIpc) is 2.71. The molecule has 2 aromatic carbocycles. The first-order chi connectivity index (χ1) is 13.9. The van der Waals surface area contributed by atoms with Crippen molar-refractivity contribution in [1.82, 2.24) is 4.98 Å². The zero-order valence-corrected chi connectivity index (χ0v) is 15.9. The van der Waals surface area contributed by atoms with E-state index >= 15 is 0 Å². The zero-order chi connectivity index (χ0) is 21.0. The topological polar surface area (TPSA) is 62.3 Å². The number of carbonyl (C=O) groups excluding carboxylic acids is 2. The maximum absolute atomic E-state index is 13.3. The van der Waals surface area contributed by atoms with Gasteiger partial charge in [-0.2, -0.15) is 0 Å². The fourth-order valence-corrected chi connectivity index (χ4v) is 2.83. The predicted octanol–water partition coefficient (Wildman–Crippen LogP) is 4.59. The van der Waals surface area contributed by atoms with E-state index in [1.54, 1.807) is 11.0 Å². The molecule has 29 heavy (non-hydrogen) atoms. The third kappa shape index (κ3) is 4.63. The van der Waals surface area contributed by atoms with Crippen LogP contribution in [0.5, 0.6) is 0 Å². The van der Waals surface area contributed by atoms with Crippen LogP contribution in [0.2, 0.25) is 0 Å². The highest BCUT2D eigenvalue weighted by atomic mass is 19.2. The molecular weight excluding hydrogens is 376 g/mol. The molecule has 3 aromatic rings. The van der Waals surface area contributed by atoms with Gasteiger partial charge in [0.15, 0.2) is 11.6 Å². The van der Waals surface area contributed by atoms with Crippen molar-refractivity contribution in [3.63, 3.8) is 0 Å². The molecule has 7 heteroatoms. The molecular formula is C22H19F2N3O2. The highest BCUT2D eigenvalue weighted by Crippen LogP contribution is 2.19. The highest BCUT2D eigenvalue weighted by molar-refractivity contribution is 6.07. The van der Waals surface area contributed by atoms with Crippen LogP contribution >= 0.6 is 0 Å². The fourth-order valence-electron chi connectivity index (χ4n) is 2.83. The van der Waals surface area contributed by atoms with Gasteiger partial charge in [-0.15, -0.1) is 0 Å². The molecule has 0 fully saturated rings. The summed E-state index contributed by atoms with van der Waals surface area (Å²) in [5.41, 5.74) is 1.92. The lowest BCUT2D eigenvalue weighted by Crippen LogP contribution is -2.31. The van der Waals surface area contributed by atoms with E-state index < -0.39 is 17.5 Å². The third-order valence-electron chi connectivity index (χ3n) is 4.25. The van der Waals surface area contributed by atoms with Crippen molar-refractivity contribution < 1.29 is 18.4 Å². The van der Waals surface area contributed by atoms with Crippen molar-refractivity contribution in [3.05, 3.63) is 89.2 Å². The van der Waals surface area contributed by atoms with Gasteiger partial charge in [0.2, 0.25) is 0 Å². The summed E-state index contributed by atoms with van der Waals surface area (Å²) in [6, 6.07) is 15.0. The largest absolute Gasteiger partial charge is 0.321 e. The number of pyridine rings is 1. The highest BCUT2D eigenvalue weighted by Gasteiger charge is 2.19. The number of anilines is 2. The maximum Gasteiger partial charge on any atom is 0.276 e. The first-order valence-electron chi connectivity index (χ1n) is 9.01. The number of benzene rings is 2. The van der Waals surface area contributed by atoms with E-state index in [0.29, 0.717) is 6.54 Å². The Hall–Kier alpha value is -3.61. The number of carbonyl (C=O) groups is 2. The van der Waals surface area contributed by atoms with Gasteiger partial charge in [0.25, 0.3) is 11.8 Å². The molecule has 5 nitrogen and oxygen atoms in total. The number of aryl methyl sites for hydroxylation is 1. The van der Waals surface area contributed by atoms with E-state index in [2.05, 4.69) is 10.3 Å². The van der Waals surface area contributed by atoms with E-state index in [4.69, 9.17) is 0 Å². The lowest BCUT2D eigenvalue weighted by molar-refractivity contribution is 0.0983. The Balaban J connectivity index is 1.83. The van der Waals surface area contributed by atoms with Gasteiger partial charge in [-0.05, 0) is 55.8 Å². The monoisotopic (exact) mass is 395 g/mol. The molecule has 1 heterocycles. The van der Waals surface area contributed by atoms with Crippen LogP contribution in [0, 0.1) is 18.6 Å².